The molecule has 1 N–H and O–H groups in total. The summed E-state index contributed by atoms with van der Waals surface area (Å²) in [6.45, 7) is 8.13. The number of hydrogen-bond acceptors (Lipinski definition) is 5. The van der Waals surface area contributed by atoms with Gasteiger partial charge in [0.1, 0.15) is 11.3 Å². The number of fused-ring (bicyclic) bond motifs is 1. The Morgan fingerprint density at radius 1 is 1.23 bits per heavy atom. The van der Waals surface area contributed by atoms with Crippen LogP contribution in [-0.2, 0) is 11.2 Å². The Morgan fingerprint density at radius 2 is 1.97 bits per heavy atom. The molecule has 2 aromatic carbocycles. The SMILES string of the molecule is CC(C)c1cc2c(cnn2-c2ccc(F)cc2)cc1CC(C)(C)C(=O)Nc1nncs1. The van der Waals surface area contributed by atoms with E-state index in [1.807, 2.05) is 18.5 Å². The molecule has 0 radical (unpaired) electrons. The highest BCUT2D eigenvalue weighted by atomic mass is 32.1. The molecule has 8 heteroatoms. The first-order chi connectivity index (χ1) is 14.7. The van der Waals surface area contributed by atoms with Gasteiger partial charge in [-0.25, -0.2) is 9.07 Å². The second kappa shape index (κ2) is 8.19. The molecular formula is C23H24FN5OS. The molecule has 0 saturated carbocycles. The van der Waals surface area contributed by atoms with Gasteiger partial charge in [0, 0.05) is 10.8 Å². The third kappa shape index (κ3) is 4.34. The number of carbonyl (C=O) groups is 1. The minimum Gasteiger partial charge on any atom is -0.300 e. The summed E-state index contributed by atoms with van der Waals surface area (Å²) in [6.07, 6.45) is 2.38. The summed E-state index contributed by atoms with van der Waals surface area (Å²) >= 11 is 1.30. The van der Waals surface area contributed by atoms with Gasteiger partial charge < -0.3 is 5.32 Å². The molecule has 0 aliphatic carbocycles. The first-order valence-electron chi connectivity index (χ1n) is 10.1. The van der Waals surface area contributed by atoms with Gasteiger partial charge in [-0.05, 0) is 59.9 Å². The topological polar surface area (TPSA) is 72.7 Å². The zero-order valence-corrected chi connectivity index (χ0v) is 18.7. The van der Waals surface area contributed by atoms with Gasteiger partial charge in [0.2, 0.25) is 11.0 Å². The summed E-state index contributed by atoms with van der Waals surface area (Å²) in [4.78, 5) is 12.9. The highest BCUT2D eigenvalue weighted by Gasteiger charge is 2.30. The minimum atomic E-state index is -0.643. The Balaban J connectivity index is 1.70. The number of nitrogens with one attached hydrogen (secondary N) is 1. The van der Waals surface area contributed by atoms with Crippen molar-refractivity contribution in [2.24, 2.45) is 5.41 Å². The number of anilines is 1. The maximum absolute atomic E-state index is 13.3. The standard InChI is InChI=1S/C23H24FN5OS/c1-14(2)19-10-20-16(12-26-29(20)18-7-5-17(24)6-8-18)9-15(19)11-23(3,4)21(30)27-22-28-25-13-31-22/h5-10,12-14H,11H2,1-4H3,(H,27,28,30). The molecule has 160 valence electrons. The van der Waals surface area contributed by atoms with Crippen molar-refractivity contribution in [1.82, 2.24) is 20.0 Å². The Morgan fingerprint density at radius 3 is 2.61 bits per heavy atom. The van der Waals surface area contributed by atoms with Crippen LogP contribution >= 0.6 is 11.3 Å². The lowest BCUT2D eigenvalue weighted by molar-refractivity contribution is -0.123. The molecule has 0 aliphatic rings. The number of nitrogens with zero attached hydrogens (tertiary/aromatic N) is 4. The summed E-state index contributed by atoms with van der Waals surface area (Å²) in [5.74, 6) is -0.113. The van der Waals surface area contributed by atoms with Crippen molar-refractivity contribution >= 4 is 33.3 Å². The van der Waals surface area contributed by atoms with Gasteiger partial charge in [0.25, 0.3) is 0 Å². The van der Waals surface area contributed by atoms with E-state index < -0.39 is 5.41 Å². The molecule has 6 nitrogen and oxygen atoms in total. The summed E-state index contributed by atoms with van der Waals surface area (Å²) in [5, 5.41) is 16.5. The lowest BCUT2D eigenvalue weighted by atomic mass is 9.81. The highest BCUT2D eigenvalue weighted by molar-refractivity contribution is 7.13. The van der Waals surface area contributed by atoms with E-state index in [2.05, 4.69) is 46.6 Å². The zero-order valence-electron chi connectivity index (χ0n) is 17.9. The van der Waals surface area contributed by atoms with E-state index in [4.69, 9.17) is 0 Å². The molecule has 1 amide bonds. The molecule has 0 unspecified atom stereocenters. The van der Waals surface area contributed by atoms with E-state index in [0.717, 1.165) is 27.7 Å². The van der Waals surface area contributed by atoms with Crippen LogP contribution < -0.4 is 5.32 Å². The second-order valence-electron chi connectivity index (χ2n) is 8.56. The van der Waals surface area contributed by atoms with Crippen molar-refractivity contribution in [3.63, 3.8) is 0 Å². The van der Waals surface area contributed by atoms with Crippen LogP contribution in [-0.4, -0.2) is 25.9 Å². The molecular weight excluding hydrogens is 413 g/mol. The fourth-order valence-electron chi connectivity index (χ4n) is 3.67. The zero-order chi connectivity index (χ0) is 22.2. The second-order valence-corrected chi connectivity index (χ2v) is 9.39. The van der Waals surface area contributed by atoms with Crippen molar-refractivity contribution in [2.45, 2.75) is 40.0 Å². The minimum absolute atomic E-state index is 0.0962. The Bertz CT molecular complexity index is 1210. The average Bonchev–Trinajstić information content (AvgIpc) is 3.37. The van der Waals surface area contributed by atoms with Crippen molar-refractivity contribution in [3.8, 4) is 5.69 Å². The highest BCUT2D eigenvalue weighted by Crippen LogP contribution is 2.33. The molecule has 4 aromatic rings. The maximum Gasteiger partial charge on any atom is 0.232 e. The monoisotopic (exact) mass is 437 g/mol. The molecule has 0 spiro atoms. The molecule has 0 saturated heterocycles. The molecule has 0 bridgehead atoms. The normalized spacial score (nSPS) is 11.9. The van der Waals surface area contributed by atoms with Crippen LogP contribution in [0.2, 0.25) is 0 Å². The summed E-state index contributed by atoms with van der Waals surface area (Å²) in [6, 6.07) is 10.5. The van der Waals surface area contributed by atoms with E-state index in [0.29, 0.717) is 11.6 Å². The van der Waals surface area contributed by atoms with Crippen LogP contribution in [0.15, 0.2) is 48.1 Å². The summed E-state index contributed by atoms with van der Waals surface area (Å²) in [5.41, 5.74) is 4.97. The molecule has 0 atom stereocenters. The van der Waals surface area contributed by atoms with Crippen molar-refractivity contribution in [3.05, 3.63) is 65.0 Å². The van der Waals surface area contributed by atoms with Crippen LogP contribution in [0.25, 0.3) is 16.6 Å². The van der Waals surface area contributed by atoms with Crippen molar-refractivity contribution in [2.75, 3.05) is 5.32 Å². The molecule has 31 heavy (non-hydrogen) atoms. The van der Waals surface area contributed by atoms with E-state index >= 15 is 0 Å². The number of hydrogen-bond donors (Lipinski definition) is 1. The van der Waals surface area contributed by atoms with Crippen LogP contribution in [0.1, 0.15) is 44.7 Å². The van der Waals surface area contributed by atoms with Crippen LogP contribution in [0.3, 0.4) is 0 Å². The predicted octanol–water partition coefficient (Wildman–Crippen LogP) is 5.35. The van der Waals surface area contributed by atoms with Gasteiger partial charge >= 0.3 is 0 Å². The lowest BCUT2D eigenvalue weighted by Crippen LogP contribution is -2.33. The van der Waals surface area contributed by atoms with E-state index in [1.165, 1.54) is 23.5 Å². The Kier molecular flexibility index (Phi) is 5.58. The maximum atomic E-state index is 13.3. The number of amides is 1. The van der Waals surface area contributed by atoms with Gasteiger partial charge in [-0.15, -0.1) is 10.2 Å². The summed E-state index contributed by atoms with van der Waals surface area (Å²) < 4.78 is 15.2. The number of aromatic nitrogens is 4. The molecule has 0 fully saturated rings. The third-order valence-electron chi connectivity index (χ3n) is 5.35. The van der Waals surface area contributed by atoms with E-state index in [-0.39, 0.29) is 17.6 Å². The van der Waals surface area contributed by atoms with Crippen LogP contribution in [0.5, 0.6) is 0 Å². The van der Waals surface area contributed by atoms with Gasteiger partial charge in [0.15, 0.2) is 0 Å². The quantitative estimate of drug-likeness (QED) is 0.441. The van der Waals surface area contributed by atoms with Gasteiger partial charge in [-0.1, -0.05) is 39.0 Å². The van der Waals surface area contributed by atoms with Crippen molar-refractivity contribution < 1.29 is 9.18 Å². The predicted molar refractivity (Wildman–Crippen MR) is 121 cm³/mol. The number of carbonyl (C=O) groups excluding carboxylic acids is 1. The first-order valence-corrected chi connectivity index (χ1v) is 11.0. The van der Waals surface area contributed by atoms with Crippen LogP contribution in [0.4, 0.5) is 9.52 Å². The van der Waals surface area contributed by atoms with Gasteiger partial charge in [-0.2, -0.15) is 5.10 Å². The fourth-order valence-corrected chi connectivity index (χ4v) is 4.11. The Labute approximate surface area is 184 Å². The number of rotatable bonds is 6. The summed E-state index contributed by atoms with van der Waals surface area (Å²) in [7, 11) is 0. The number of benzene rings is 2. The fraction of sp³-hybridized carbons (Fsp3) is 0.304. The number of halogens is 1. The molecule has 0 aliphatic heterocycles. The van der Waals surface area contributed by atoms with Crippen molar-refractivity contribution in [1.29, 1.82) is 0 Å². The van der Waals surface area contributed by atoms with E-state index in [9.17, 15) is 9.18 Å². The van der Waals surface area contributed by atoms with Gasteiger partial charge in [0.05, 0.1) is 17.4 Å². The van der Waals surface area contributed by atoms with Gasteiger partial charge in [-0.3, -0.25) is 4.79 Å². The van der Waals surface area contributed by atoms with E-state index in [1.54, 1.807) is 23.8 Å². The third-order valence-corrected chi connectivity index (χ3v) is 5.96. The molecule has 2 aromatic heterocycles. The molecule has 4 rings (SSSR count). The average molecular weight is 438 g/mol. The smallest absolute Gasteiger partial charge is 0.232 e. The molecule has 2 heterocycles. The Hall–Kier alpha value is -3.13. The van der Waals surface area contributed by atoms with Crippen LogP contribution in [0, 0.1) is 11.2 Å². The lowest BCUT2D eigenvalue weighted by Gasteiger charge is -2.25. The largest absolute Gasteiger partial charge is 0.300 e. The first kappa shape index (κ1) is 21.1.